The standard InChI is InChI=1S/C14H22ClN3O2/c1-4-17(10-14(2,3)9-16)8-11-5-6-12(18(19)20)7-13(11)15/h5-7H,4,8-10,16H2,1-3H3. The lowest BCUT2D eigenvalue weighted by Crippen LogP contribution is -2.38. The van der Waals surface area contributed by atoms with Crippen molar-refractivity contribution in [2.75, 3.05) is 19.6 Å². The van der Waals surface area contributed by atoms with Gasteiger partial charge in [-0.3, -0.25) is 15.0 Å². The predicted molar refractivity (Wildman–Crippen MR) is 81.9 cm³/mol. The number of nitro groups is 1. The second-order valence-corrected chi connectivity index (χ2v) is 6.11. The fourth-order valence-corrected chi connectivity index (χ4v) is 2.20. The van der Waals surface area contributed by atoms with Gasteiger partial charge in [0.2, 0.25) is 0 Å². The van der Waals surface area contributed by atoms with E-state index in [4.69, 9.17) is 17.3 Å². The van der Waals surface area contributed by atoms with E-state index in [0.717, 1.165) is 18.7 Å². The van der Waals surface area contributed by atoms with Gasteiger partial charge in [0.05, 0.1) is 9.95 Å². The van der Waals surface area contributed by atoms with Gasteiger partial charge in [-0.2, -0.15) is 0 Å². The molecule has 0 unspecified atom stereocenters. The highest BCUT2D eigenvalue weighted by Gasteiger charge is 2.20. The molecule has 0 aliphatic heterocycles. The largest absolute Gasteiger partial charge is 0.330 e. The zero-order chi connectivity index (χ0) is 15.3. The number of rotatable bonds is 7. The molecule has 0 heterocycles. The van der Waals surface area contributed by atoms with Crippen LogP contribution < -0.4 is 5.73 Å². The summed E-state index contributed by atoms with van der Waals surface area (Å²) < 4.78 is 0. The minimum Gasteiger partial charge on any atom is -0.330 e. The fourth-order valence-electron chi connectivity index (χ4n) is 1.97. The highest BCUT2D eigenvalue weighted by Crippen LogP contribution is 2.25. The lowest BCUT2D eigenvalue weighted by molar-refractivity contribution is -0.384. The number of nitro benzene ring substituents is 1. The Morgan fingerprint density at radius 2 is 2.10 bits per heavy atom. The zero-order valence-corrected chi connectivity index (χ0v) is 13.0. The Kier molecular flexibility index (Phi) is 5.92. The summed E-state index contributed by atoms with van der Waals surface area (Å²) in [5.41, 5.74) is 6.70. The Morgan fingerprint density at radius 3 is 2.55 bits per heavy atom. The summed E-state index contributed by atoms with van der Waals surface area (Å²) in [6.45, 7) is 9.31. The first-order valence-corrected chi connectivity index (χ1v) is 7.02. The Hall–Kier alpha value is -1.17. The lowest BCUT2D eigenvalue weighted by Gasteiger charge is -2.31. The van der Waals surface area contributed by atoms with E-state index in [0.29, 0.717) is 18.1 Å². The summed E-state index contributed by atoms with van der Waals surface area (Å²) in [7, 11) is 0. The van der Waals surface area contributed by atoms with E-state index < -0.39 is 4.92 Å². The minimum atomic E-state index is -0.440. The number of nitrogens with zero attached hydrogens (tertiary/aromatic N) is 2. The molecule has 112 valence electrons. The van der Waals surface area contributed by atoms with Crippen LogP contribution >= 0.6 is 11.6 Å². The van der Waals surface area contributed by atoms with E-state index >= 15 is 0 Å². The molecule has 0 bridgehead atoms. The van der Waals surface area contributed by atoms with Crippen molar-refractivity contribution >= 4 is 17.3 Å². The lowest BCUT2D eigenvalue weighted by atomic mass is 9.93. The second kappa shape index (κ2) is 7.02. The molecule has 0 spiro atoms. The molecule has 1 aromatic rings. The monoisotopic (exact) mass is 299 g/mol. The smallest absolute Gasteiger partial charge is 0.270 e. The summed E-state index contributed by atoms with van der Waals surface area (Å²) in [6.07, 6.45) is 0. The van der Waals surface area contributed by atoms with Gasteiger partial charge in [-0.25, -0.2) is 0 Å². The number of halogens is 1. The van der Waals surface area contributed by atoms with Crippen LogP contribution in [0.15, 0.2) is 18.2 Å². The van der Waals surface area contributed by atoms with Gasteiger partial charge < -0.3 is 5.73 Å². The van der Waals surface area contributed by atoms with Crippen molar-refractivity contribution in [3.63, 3.8) is 0 Å². The first kappa shape index (κ1) is 16.9. The van der Waals surface area contributed by atoms with E-state index in [-0.39, 0.29) is 11.1 Å². The van der Waals surface area contributed by atoms with Gasteiger partial charge >= 0.3 is 0 Å². The quantitative estimate of drug-likeness (QED) is 0.620. The van der Waals surface area contributed by atoms with Gasteiger partial charge in [-0.15, -0.1) is 0 Å². The van der Waals surface area contributed by atoms with Gasteiger partial charge in [-0.05, 0) is 30.1 Å². The predicted octanol–water partition coefficient (Wildman–Crippen LogP) is 3.06. The van der Waals surface area contributed by atoms with Crippen LogP contribution in [0.4, 0.5) is 5.69 Å². The van der Waals surface area contributed by atoms with E-state index in [1.807, 2.05) is 0 Å². The average Bonchev–Trinajstić information content (AvgIpc) is 2.39. The third-order valence-electron chi connectivity index (χ3n) is 3.29. The molecule has 0 atom stereocenters. The molecule has 0 fully saturated rings. The van der Waals surface area contributed by atoms with Crippen molar-refractivity contribution in [3.8, 4) is 0 Å². The minimum absolute atomic E-state index is 0.0177. The van der Waals surface area contributed by atoms with Crippen LogP contribution in [-0.2, 0) is 6.54 Å². The molecule has 0 saturated carbocycles. The third kappa shape index (κ3) is 4.74. The first-order chi connectivity index (χ1) is 9.29. The highest BCUT2D eigenvalue weighted by molar-refractivity contribution is 6.31. The normalized spacial score (nSPS) is 11.9. The van der Waals surface area contributed by atoms with Crippen LogP contribution in [0.25, 0.3) is 0 Å². The molecule has 6 heteroatoms. The fraction of sp³-hybridized carbons (Fsp3) is 0.571. The molecule has 0 radical (unpaired) electrons. The first-order valence-electron chi connectivity index (χ1n) is 6.64. The molecule has 0 aromatic heterocycles. The number of benzene rings is 1. The van der Waals surface area contributed by atoms with Crippen LogP contribution in [0.3, 0.4) is 0 Å². The maximum atomic E-state index is 10.7. The molecule has 2 N–H and O–H groups in total. The van der Waals surface area contributed by atoms with Crippen LogP contribution in [0.2, 0.25) is 5.02 Å². The molecule has 20 heavy (non-hydrogen) atoms. The van der Waals surface area contributed by atoms with Crippen molar-refractivity contribution in [1.29, 1.82) is 0 Å². The molecule has 0 amide bonds. The van der Waals surface area contributed by atoms with Gasteiger partial charge in [0.15, 0.2) is 0 Å². The van der Waals surface area contributed by atoms with Gasteiger partial charge in [0.1, 0.15) is 0 Å². The summed E-state index contributed by atoms with van der Waals surface area (Å²) in [6, 6.07) is 4.61. The number of hydrogen-bond donors (Lipinski definition) is 1. The van der Waals surface area contributed by atoms with Crippen molar-refractivity contribution in [2.45, 2.75) is 27.3 Å². The van der Waals surface area contributed by atoms with Gasteiger partial charge in [0, 0.05) is 25.2 Å². The Bertz CT molecular complexity index is 477. The van der Waals surface area contributed by atoms with E-state index in [2.05, 4.69) is 25.7 Å². The van der Waals surface area contributed by atoms with Gasteiger partial charge in [0.25, 0.3) is 5.69 Å². The van der Waals surface area contributed by atoms with Crippen LogP contribution in [-0.4, -0.2) is 29.5 Å². The maximum absolute atomic E-state index is 10.7. The molecule has 0 aliphatic carbocycles. The average molecular weight is 300 g/mol. The highest BCUT2D eigenvalue weighted by atomic mass is 35.5. The Balaban J connectivity index is 2.83. The SMILES string of the molecule is CCN(Cc1ccc([N+](=O)[O-])cc1Cl)CC(C)(C)CN. The molecule has 0 aliphatic rings. The van der Waals surface area contributed by atoms with E-state index in [9.17, 15) is 10.1 Å². The van der Waals surface area contributed by atoms with Crippen LogP contribution in [0.1, 0.15) is 26.3 Å². The Labute approximate surface area is 124 Å². The number of non-ortho nitro benzene ring substituents is 1. The summed E-state index contributed by atoms with van der Waals surface area (Å²) in [5, 5.41) is 11.1. The molecule has 0 saturated heterocycles. The second-order valence-electron chi connectivity index (χ2n) is 5.70. The molecular weight excluding hydrogens is 278 g/mol. The zero-order valence-electron chi connectivity index (χ0n) is 12.2. The summed E-state index contributed by atoms with van der Waals surface area (Å²) >= 11 is 6.12. The van der Waals surface area contributed by atoms with Crippen LogP contribution in [0.5, 0.6) is 0 Å². The molecule has 1 aromatic carbocycles. The van der Waals surface area contributed by atoms with Crippen molar-refractivity contribution in [2.24, 2.45) is 11.1 Å². The van der Waals surface area contributed by atoms with Crippen molar-refractivity contribution < 1.29 is 4.92 Å². The molecule has 1 rings (SSSR count). The van der Waals surface area contributed by atoms with Crippen molar-refractivity contribution in [1.82, 2.24) is 4.90 Å². The van der Waals surface area contributed by atoms with Gasteiger partial charge in [-0.1, -0.05) is 32.4 Å². The third-order valence-corrected chi connectivity index (χ3v) is 3.64. The maximum Gasteiger partial charge on any atom is 0.270 e. The molecular formula is C14H22ClN3O2. The van der Waals surface area contributed by atoms with E-state index in [1.165, 1.54) is 12.1 Å². The van der Waals surface area contributed by atoms with Crippen LogP contribution in [0, 0.1) is 15.5 Å². The topological polar surface area (TPSA) is 72.4 Å². The Morgan fingerprint density at radius 1 is 1.45 bits per heavy atom. The molecule has 5 nitrogen and oxygen atoms in total. The van der Waals surface area contributed by atoms with E-state index in [1.54, 1.807) is 6.07 Å². The number of hydrogen-bond acceptors (Lipinski definition) is 4. The summed E-state index contributed by atoms with van der Waals surface area (Å²) in [5.74, 6) is 0. The van der Waals surface area contributed by atoms with Crippen molar-refractivity contribution in [3.05, 3.63) is 38.9 Å². The number of nitrogens with two attached hydrogens (primary N) is 1. The summed E-state index contributed by atoms with van der Waals surface area (Å²) in [4.78, 5) is 12.5.